The Balaban J connectivity index is 0.000000249. The average molecular weight is 620 g/mol. The summed E-state index contributed by atoms with van der Waals surface area (Å²) < 4.78 is 16.2. The SMILES string of the molecule is C=C(C)C(=O)OCCCCCCOc1ccc(C(=O)Oc2ccccc2CN)cc1.O=C1c2ccccc2C(=O)c2ccccc21. The van der Waals surface area contributed by atoms with Crippen LogP contribution in [0, 0.1) is 0 Å². The Morgan fingerprint density at radius 1 is 0.674 bits per heavy atom. The average Bonchev–Trinajstić information content (AvgIpc) is 3.09. The van der Waals surface area contributed by atoms with Gasteiger partial charge in [-0.25, -0.2) is 9.59 Å². The van der Waals surface area contributed by atoms with Gasteiger partial charge in [0.1, 0.15) is 11.5 Å². The van der Waals surface area contributed by atoms with Crippen molar-refractivity contribution in [2.45, 2.75) is 39.2 Å². The lowest BCUT2D eigenvalue weighted by atomic mass is 9.84. The standard InChI is InChI=1S/C24H29NO5.C14H8O2/c1-18(2)23(26)29-16-8-4-3-7-15-28-21-13-11-19(12-14-21)24(27)30-22-10-6-5-9-20(22)17-25;15-13-9-5-1-2-6-10(9)14(16)12-8-4-3-7-11(12)13/h5-6,9-14H,1,3-4,7-8,15-17,25H2,2H3;1-8H. The van der Waals surface area contributed by atoms with Gasteiger partial charge in [0.25, 0.3) is 0 Å². The molecule has 4 aromatic rings. The van der Waals surface area contributed by atoms with Gasteiger partial charge in [0.15, 0.2) is 11.6 Å². The van der Waals surface area contributed by atoms with E-state index in [1.54, 1.807) is 91.9 Å². The van der Waals surface area contributed by atoms with Gasteiger partial charge in [-0.1, -0.05) is 73.3 Å². The molecule has 0 amide bonds. The molecule has 0 saturated heterocycles. The number of ketones is 2. The van der Waals surface area contributed by atoms with Gasteiger partial charge in [0.05, 0.1) is 18.8 Å². The third-order valence-corrected chi connectivity index (χ3v) is 7.21. The molecule has 0 bridgehead atoms. The van der Waals surface area contributed by atoms with Gasteiger partial charge in [-0.2, -0.15) is 0 Å². The fourth-order valence-electron chi connectivity index (χ4n) is 4.70. The third kappa shape index (κ3) is 8.86. The van der Waals surface area contributed by atoms with Crippen molar-refractivity contribution in [1.29, 1.82) is 0 Å². The van der Waals surface area contributed by atoms with Crippen LogP contribution < -0.4 is 15.2 Å². The Morgan fingerprint density at radius 3 is 1.70 bits per heavy atom. The van der Waals surface area contributed by atoms with Gasteiger partial charge in [0, 0.05) is 39.9 Å². The number of nitrogens with two attached hydrogens (primary N) is 1. The monoisotopic (exact) mass is 619 g/mol. The van der Waals surface area contributed by atoms with Crippen LogP contribution in [-0.2, 0) is 16.1 Å². The minimum atomic E-state index is -0.435. The van der Waals surface area contributed by atoms with Gasteiger partial charge < -0.3 is 19.9 Å². The summed E-state index contributed by atoms with van der Waals surface area (Å²) in [7, 11) is 0. The van der Waals surface area contributed by atoms with E-state index in [9.17, 15) is 19.2 Å². The van der Waals surface area contributed by atoms with E-state index < -0.39 is 5.97 Å². The maximum absolute atomic E-state index is 12.3. The van der Waals surface area contributed by atoms with Crippen molar-refractivity contribution in [2.24, 2.45) is 5.73 Å². The molecule has 0 saturated carbocycles. The van der Waals surface area contributed by atoms with Crippen LogP contribution >= 0.6 is 0 Å². The van der Waals surface area contributed by atoms with Crippen molar-refractivity contribution in [3.05, 3.63) is 143 Å². The Kier molecular flexibility index (Phi) is 12.1. The molecule has 8 nitrogen and oxygen atoms in total. The summed E-state index contributed by atoms with van der Waals surface area (Å²) in [6, 6.07) is 28.0. The highest BCUT2D eigenvalue weighted by Gasteiger charge is 2.28. The number of esters is 2. The van der Waals surface area contributed by atoms with E-state index >= 15 is 0 Å². The van der Waals surface area contributed by atoms with E-state index in [-0.39, 0.29) is 17.5 Å². The molecule has 1 aliphatic carbocycles. The molecule has 0 aromatic heterocycles. The number of unbranched alkanes of at least 4 members (excludes halogenated alkanes) is 3. The molecule has 8 heteroatoms. The molecule has 5 rings (SSSR count). The van der Waals surface area contributed by atoms with E-state index in [0.29, 0.717) is 64.6 Å². The van der Waals surface area contributed by atoms with Gasteiger partial charge in [-0.15, -0.1) is 0 Å². The van der Waals surface area contributed by atoms with E-state index in [1.165, 1.54) is 0 Å². The highest BCUT2D eigenvalue weighted by atomic mass is 16.5. The van der Waals surface area contributed by atoms with Crippen LogP contribution in [-0.4, -0.2) is 36.7 Å². The minimum absolute atomic E-state index is 0.0641. The number of ether oxygens (including phenoxy) is 3. The van der Waals surface area contributed by atoms with Crippen LogP contribution in [0.25, 0.3) is 0 Å². The topological polar surface area (TPSA) is 122 Å². The molecule has 0 aliphatic heterocycles. The molecule has 236 valence electrons. The summed E-state index contributed by atoms with van der Waals surface area (Å²) in [4.78, 5) is 47.8. The van der Waals surface area contributed by atoms with E-state index in [2.05, 4.69) is 6.58 Å². The molecule has 46 heavy (non-hydrogen) atoms. The largest absolute Gasteiger partial charge is 0.494 e. The van der Waals surface area contributed by atoms with Gasteiger partial charge in [-0.05, 0) is 62.9 Å². The maximum Gasteiger partial charge on any atom is 0.343 e. The van der Waals surface area contributed by atoms with Crippen LogP contribution in [0.4, 0.5) is 0 Å². The Hall–Kier alpha value is -5.34. The van der Waals surface area contributed by atoms with E-state index in [4.69, 9.17) is 19.9 Å². The van der Waals surface area contributed by atoms with Gasteiger partial charge in [-0.3, -0.25) is 9.59 Å². The number of carbonyl (C=O) groups is 4. The lowest BCUT2D eigenvalue weighted by Gasteiger charge is -2.16. The molecule has 1 aliphatic rings. The van der Waals surface area contributed by atoms with Crippen molar-refractivity contribution in [3.8, 4) is 11.5 Å². The number of carbonyl (C=O) groups excluding carboxylic acids is 4. The quantitative estimate of drug-likeness (QED) is 0.0694. The molecule has 0 spiro atoms. The molecule has 0 atom stereocenters. The number of rotatable bonds is 12. The second-order valence-electron chi connectivity index (χ2n) is 10.7. The lowest BCUT2D eigenvalue weighted by molar-refractivity contribution is -0.139. The van der Waals surface area contributed by atoms with Crippen LogP contribution in [0.2, 0.25) is 0 Å². The highest BCUT2D eigenvalue weighted by molar-refractivity contribution is 6.28. The summed E-state index contributed by atoms with van der Waals surface area (Å²) in [5.74, 6) is 0.268. The van der Waals surface area contributed by atoms with Crippen LogP contribution in [0.5, 0.6) is 11.5 Å². The number of hydrogen-bond acceptors (Lipinski definition) is 8. The van der Waals surface area contributed by atoms with Crippen molar-refractivity contribution < 1.29 is 33.4 Å². The maximum atomic E-state index is 12.3. The van der Waals surface area contributed by atoms with E-state index in [1.807, 2.05) is 12.1 Å². The molecular weight excluding hydrogens is 582 g/mol. The number of para-hydroxylation sites is 1. The van der Waals surface area contributed by atoms with Gasteiger partial charge >= 0.3 is 11.9 Å². The molecule has 0 heterocycles. The molecule has 0 fully saturated rings. The van der Waals surface area contributed by atoms with Crippen molar-refractivity contribution in [1.82, 2.24) is 0 Å². The zero-order valence-corrected chi connectivity index (χ0v) is 25.8. The third-order valence-electron chi connectivity index (χ3n) is 7.21. The van der Waals surface area contributed by atoms with Crippen molar-refractivity contribution in [3.63, 3.8) is 0 Å². The first-order chi connectivity index (χ1) is 22.3. The summed E-state index contributed by atoms with van der Waals surface area (Å²) in [6.45, 7) is 6.48. The highest BCUT2D eigenvalue weighted by Crippen LogP contribution is 2.26. The Morgan fingerprint density at radius 2 is 1.17 bits per heavy atom. The van der Waals surface area contributed by atoms with Gasteiger partial charge in [0.2, 0.25) is 0 Å². The summed E-state index contributed by atoms with van der Waals surface area (Å²) in [6.07, 6.45) is 3.66. The fraction of sp³-hybridized carbons (Fsp3) is 0.211. The molecule has 2 N–H and O–H groups in total. The number of benzene rings is 4. The molecule has 4 aromatic carbocycles. The van der Waals surface area contributed by atoms with Crippen molar-refractivity contribution in [2.75, 3.05) is 13.2 Å². The lowest BCUT2D eigenvalue weighted by Crippen LogP contribution is -2.20. The first kappa shape index (κ1) is 33.6. The second-order valence-corrected chi connectivity index (χ2v) is 10.7. The minimum Gasteiger partial charge on any atom is -0.494 e. The molecule has 0 radical (unpaired) electrons. The Bertz CT molecular complexity index is 1600. The first-order valence-electron chi connectivity index (χ1n) is 15.1. The zero-order chi connectivity index (χ0) is 32.9. The van der Waals surface area contributed by atoms with Crippen LogP contribution in [0.3, 0.4) is 0 Å². The zero-order valence-electron chi connectivity index (χ0n) is 25.8. The van der Waals surface area contributed by atoms with Crippen LogP contribution in [0.1, 0.15) is 80.4 Å². The van der Waals surface area contributed by atoms with E-state index in [0.717, 1.165) is 31.2 Å². The number of hydrogen-bond donors (Lipinski definition) is 1. The molecule has 0 unspecified atom stereocenters. The Labute approximate surface area is 268 Å². The van der Waals surface area contributed by atoms with Crippen molar-refractivity contribution >= 4 is 23.5 Å². The predicted molar refractivity (Wildman–Crippen MR) is 175 cm³/mol. The summed E-state index contributed by atoms with van der Waals surface area (Å²) >= 11 is 0. The number of fused-ring (bicyclic) bond motifs is 2. The predicted octanol–water partition coefficient (Wildman–Crippen LogP) is 6.89. The second kappa shape index (κ2) is 16.7. The smallest absolute Gasteiger partial charge is 0.343 e. The summed E-state index contributed by atoms with van der Waals surface area (Å²) in [5.41, 5.74) is 9.33. The molecular formula is C38H37NO7. The summed E-state index contributed by atoms with van der Waals surface area (Å²) in [5, 5.41) is 0. The first-order valence-corrected chi connectivity index (χ1v) is 15.1. The normalized spacial score (nSPS) is 11.3. The fourth-order valence-corrected chi connectivity index (χ4v) is 4.70. The van der Waals surface area contributed by atoms with Crippen LogP contribution in [0.15, 0.2) is 109 Å².